The Labute approximate surface area is 264 Å². The summed E-state index contributed by atoms with van der Waals surface area (Å²) in [6, 6.07) is 11.6. The van der Waals surface area contributed by atoms with Gasteiger partial charge in [0, 0.05) is 5.56 Å². The fraction of sp³-hybridized carbons (Fsp3) is 0.250. The highest BCUT2D eigenvalue weighted by Crippen LogP contribution is 2.43. The minimum Gasteiger partial charge on any atom is -0.480 e. The Kier molecular flexibility index (Phi) is 9.86. The van der Waals surface area contributed by atoms with E-state index in [4.69, 9.17) is 21.9 Å². The summed E-state index contributed by atoms with van der Waals surface area (Å²) in [7, 11) is -9.09. The number of amides is 1. The first kappa shape index (κ1) is 33.8. The monoisotopic (exact) mass is 679 g/mol. The second-order valence-electron chi connectivity index (χ2n) is 10.3. The molecule has 8 N–H and O–H groups in total. The number of nitrogens with two attached hydrogens (primary N) is 2. The summed E-state index contributed by atoms with van der Waals surface area (Å²) < 4.78 is 48.9. The number of hydrogen-bond donors (Lipinski definition) is 6. The number of nitrogens with one attached hydrogen (secondary N) is 2. The van der Waals surface area contributed by atoms with Gasteiger partial charge < -0.3 is 15.5 Å². The molecule has 0 saturated heterocycles. The van der Waals surface area contributed by atoms with E-state index >= 15 is 0 Å². The first-order valence-electron chi connectivity index (χ1n) is 13.3. The number of nitrogens with zero attached hydrogens (tertiary/aromatic N) is 1. The molecule has 17 heteroatoms. The summed E-state index contributed by atoms with van der Waals surface area (Å²) in [4.78, 5) is 38.1. The molecular weight excluding hydrogens is 650 g/mol. The third-order valence-corrected chi connectivity index (χ3v) is 9.58. The van der Waals surface area contributed by atoms with Crippen molar-refractivity contribution >= 4 is 60.9 Å². The third kappa shape index (κ3) is 7.43. The van der Waals surface area contributed by atoms with Crippen LogP contribution in [0.2, 0.25) is 5.02 Å². The summed E-state index contributed by atoms with van der Waals surface area (Å²) in [6.07, 6.45) is 0.549. The summed E-state index contributed by atoms with van der Waals surface area (Å²) >= 11 is 6.11. The van der Waals surface area contributed by atoms with Crippen molar-refractivity contribution in [1.82, 2.24) is 5.32 Å². The highest BCUT2D eigenvalue weighted by atomic mass is 35.5. The summed E-state index contributed by atoms with van der Waals surface area (Å²) in [6.45, 7) is 1.41. The van der Waals surface area contributed by atoms with Crippen LogP contribution < -0.4 is 25.8 Å². The zero-order chi connectivity index (χ0) is 33.3. The van der Waals surface area contributed by atoms with Crippen LogP contribution in [-0.2, 0) is 40.9 Å². The van der Waals surface area contributed by atoms with Crippen molar-refractivity contribution in [3.63, 3.8) is 0 Å². The SMILES string of the molecule is C[C@H](N[C@@H](CCc1ccccc1)C(=O)O)C(=O)N1c2ccccc2C(Nc2cc(Cl)c(S(N)(=O)=O)cc2S(N)(=O)=O)C1C(=O)O. The van der Waals surface area contributed by atoms with Gasteiger partial charge in [0.1, 0.15) is 15.8 Å². The van der Waals surface area contributed by atoms with Gasteiger partial charge in [-0.05, 0) is 43.5 Å². The average molecular weight is 680 g/mol. The fourth-order valence-electron chi connectivity index (χ4n) is 5.19. The molecule has 0 aliphatic carbocycles. The Morgan fingerprint density at radius 1 is 0.933 bits per heavy atom. The summed E-state index contributed by atoms with van der Waals surface area (Å²) in [5, 5.41) is 35.8. The average Bonchev–Trinajstić information content (AvgIpc) is 3.28. The zero-order valence-electron chi connectivity index (χ0n) is 23.6. The molecule has 3 aromatic carbocycles. The smallest absolute Gasteiger partial charge is 0.329 e. The van der Waals surface area contributed by atoms with Gasteiger partial charge in [-0.2, -0.15) is 0 Å². The van der Waals surface area contributed by atoms with E-state index in [1.54, 1.807) is 12.1 Å². The Bertz CT molecular complexity index is 1860. The molecule has 3 aromatic rings. The van der Waals surface area contributed by atoms with Crippen molar-refractivity contribution in [3.05, 3.63) is 82.9 Å². The van der Waals surface area contributed by atoms with Gasteiger partial charge in [-0.15, -0.1) is 0 Å². The van der Waals surface area contributed by atoms with Gasteiger partial charge in [0.15, 0.2) is 6.04 Å². The fourth-order valence-corrected chi connectivity index (χ4v) is 7.07. The number of hydrogen-bond acceptors (Lipinski definition) is 9. The van der Waals surface area contributed by atoms with Crippen LogP contribution in [0.25, 0.3) is 0 Å². The van der Waals surface area contributed by atoms with Gasteiger partial charge in [-0.3, -0.25) is 19.8 Å². The molecule has 0 fully saturated rings. The van der Waals surface area contributed by atoms with Crippen LogP contribution >= 0.6 is 11.6 Å². The molecule has 1 aliphatic rings. The summed E-state index contributed by atoms with van der Waals surface area (Å²) in [5.74, 6) is -3.44. The number of aliphatic carboxylic acids is 2. The van der Waals surface area contributed by atoms with E-state index in [1.807, 2.05) is 30.3 Å². The lowest BCUT2D eigenvalue weighted by Gasteiger charge is -2.30. The molecule has 45 heavy (non-hydrogen) atoms. The van der Waals surface area contributed by atoms with E-state index in [-0.39, 0.29) is 23.4 Å². The predicted molar refractivity (Wildman–Crippen MR) is 165 cm³/mol. The predicted octanol–water partition coefficient (Wildman–Crippen LogP) is 1.65. The molecular formula is C28H30ClN5O9S2. The van der Waals surface area contributed by atoms with Crippen LogP contribution in [0.15, 0.2) is 76.5 Å². The number of benzene rings is 3. The number of sulfonamides is 2. The Morgan fingerprint density at radius 2 is 1.53 bits per heavy atom. The minimum atomic E-state index is -4.62. The van der Waals surface area contributed by atoms with Crippen molar-refractivity contribution in [2.45, 2.75) is 53.7 Å². The lowest BCUT2D eigenvalue weighted by atomic mass is 10.0. The van der Waals surface area contributed by atoms with E-state index in [9.17, 15) is 41.4 Å². The third-order valence-electron chi connectivity index (χ3n) is 7.26. The molecule has 0 bridgehead atoms. The number of carboxylic acid groups (broad SMARTS) is 2. The number of halogens is 1. The van der Waals surface area contributed by atoms with E-state index in [0.29, 0.717) is 12.5 Å². The van der Waals surface area contributed by atoms with Crippen LogP contribution in [-0.4, -0.2) is 63.0 Å². The van der Waals surface area contributed by atoms with Crippen LogP contribution in [0, 0.1) is 0 Å². The number of fused-ring (bicyclic) bond motifs is 1. The Morgan fingerprint density at radius 3 is 2.11 bits per heavy atom. The molecule has 0 saturated carbocycles. The normalized spacial score (nSPS) is 17.7. The Balaban J connectivity index is 1.69. The second-order valence-corrected chi connectivity index (χ2v) is 13.8. The highest BCUT2D eigenvalue weighted by Gasteiger charge is 2.47. The first-order chi connectivity index (χ1) is 21.0. The maximum Gasteiger partial charge on any atom is 0.329 e. The molecule has 4 atom stereocenters. The van der Waals surface area contributed by atoms with E-state index in [1.165, 1.54) is 19.1 Å². The molecule has 1 aliphatic heterocycles. The Hall–Kier alpha value is -4.06. The lowest BCUT2D eigenvalue weighted by molar-refractivity contribution is -0.142. The lowest BCUT2D eigenvalue weighted by Crippen LogP contribution is -2.55. The number of carboxylic acids is 2. The number of anilines is 2. The maximum absolute atomic E-state index is 13.9. The van der Waals surface area contributed by atoms with Crippen LogP contribution in [0.1, 0.15) is 30.5 Å². The van der Waals surface area contributed by atoms with Crippen LogP contribution in [0.3, 0.4) is 0 Å². The minimum absolute atomic E-state index is 0.145. The van der Waals surface area contributed by atoms with Gasteiger partial charge in [0.25, 0.3) is 0 Å². The molecule has 2 unspecified atom stereocenters. The highest BCUT2D eigenvalue weighted by molar-refractivity contribution is 7.90. The van der Waals surface area contributed by atoms with E-state index in [2.05, 4.69) is 10.6 Å². The number of primary sulfonamides is 2. The molecule has 14 nitrogen and oxygen atoms in total. The van der Waals surface area contributed by atoms with Gasteiger partial charge in [0.05, 0.1) is 28.5 Å². The van der Waals surface area contributed by atoms with Crippen molar-refractivity contribution in [2.75, 3.05) is 10.2 Å². The summed E-state index contributed by atoms with van der Waals surface area (Å²) in [5.41, 5.74) is 1.00. The number of rotatable bonds is 12. The van der Waals surface area contributed by atoms with Crippen LogP contribution in [0.5, 0.6) is 0 Å². The number of para-hydroxylation sites is 1. The molecule has 4 rings (SSSR count). The molecule has 1 heterocycles. The molecule has 0 radical (unpaired) electrons. The zero-order valence-corrected chi connectivity index (χ0v) is 26.0. The van der Waals surface area contributed by atoms with Gasteiger partial charge in [-0.1, -0.05) is 60.1 Å². The van der Waals surface area contributed by atoms with Crippen LogP contribution in [0.4, 0.5) is 11.4 Å². The number of aryl methyl sites for hydroxylation is 1. The van der Waals surface area contributed by atoms with Gasteiger partial charge in [-0.25, -0.2) is 31.9 Å². The first-order valence-corrected chi connectivity index (χ1v) is 16.8. The maximum atomic E-state index is 13.9. The number of carbonyl (C=O) groups excluding carboxylic acids is 1. The van der Waals surface area contributed by atoms with E-state index < -0.39 is 76.9 Å². The molecule has 1 amide bonds. The van der Waals surface area contributed by atoms with E-state index in [0.717, 1.165) is 16.5 Å². The van der Waals surface area contributed by atoms with Gasteiger partial charge in [0.2, 0.25) is 26.0 Å². The van der Waals surface area contributed by atoms with Gasteiger partial charge >= 0.3 is 11.9 Å². The molecule has 240 valence electrons. The van der Waals surface area contributed by atoms with Crippen molar-refractivity contribution in [2.24, 2.45) is 10.3 Å². The largest absolute Gasteiger partial charge is 0.480 e. The van der Waals surface area contributed by atoms with Crippen molar-refractivity contribution in [1.29, 1.82) is 0 Å². The van der Waals surface area contributed by atoms with Crippen molar-refractivity contribution in [3.8, 4) is 0 Å². The topological polar surface area (TPSA) is 239 Å². The molecule has 0 spiro atoms. The molecule has 0 aromatic heterocycles. The number of carbonyl (C=O) groups is 3. The van der Waals surface area contributed by atoms with Crippen molar-refractivity contribution < 1.29 is 41.4 Å². The standard InChI is InChI=1S/C28H30ClN5O9S2/c1-15(32-19(27(36)37)12-11-16-7-3-2-4-8-16)26(35)34-21-10-6-5-9-17(21)24(25(34)28(38)39)33-20-13-18(29)22(44(30,40)41)14-23(20)45(31,42)43/h2-10,13-15,19,24-25,32-33H,11-12H2,1H3,(H,36,37)(H,38,39)(H2,30,40,41)(H2,31,42,43)/t15-,19-,24?,25?/m0/s1. The second kappa shape index (κ2) is 13.1. The quantitative estimate of drug-likeness (QED) is 0.161.